The number of amides is 1. The van der Waals surface area contributed by atoms with Crippen molar-refractivity contribution < 1.29 is 17.6 Å². The normalized spacial score (nSPS) is 11.3. The molecule has 0 aliphatic heterocycles. The molecule has 1 amide bonds. The van der Waals surface area contributed by atoms with Gasteiger partial charge in [0.25, 0.3) is 5.91 Å². The highest BCUT2D eigenvalue weighted by atomic mass is 32.2. The second-order valence-corrected chi connectivity index (χ2v) is 8.75. The van der Waals surface area contributed by atoms with Gasteiger partial charge in [-0.1, -0.05) is 37.3 Å². The van der Waals surface area contributed by atoms with Gasteiger partial charge in [-0.2, -0.15) is 0 Å². The van der Waals surface area contributed by atoms with Gasteiger partial charge in [-0.25, -0.2) is 12.8 Å². The minimum Gasteiger partial charge on any atom is -0.313 e. The molecule has 1 N–H and O–H groups in total. The van der Waals surface area contributed by atoms with E-state index in [1.165, 1.54) is 30.3 Å². The third-order valence-electron chi connectivity index (χ3n) is 3.84. The topological polar surface area (TPSA) is 63.2 Å². The van der Waals surface area contributed by atoms with E-state index in [-0.39, 0.29) is 14.7 Å². The Balaban J connectivity index is 1.88. The van der Waals surface area contributed by atoms with E-state index >= 15 is 0 Å². The van der Waals surface area contributed by atoms with Crippen LogP contribution in [-0.4, -0.2) is 14.3 Å². The molecule has 0 aliphatic rings. The molecule has 134 valence electrons. The SMILES string of the molecule is CCc1ccccc1S(=O)(=O)c1ccc(NC(=O)c2ccccc2F)s1. The van der Waals surface area contributed by atoms with Gasteiger partial charge in [0.1, 0.15) is 10.0 Å². The molecule has 26 heavy (non-hydrogen) atoms. The summed E-state index contributed by atoms with van der Waals surface area (Å²) in [7, 11) is -3.68. The zero-order valence-corrected chi connectivity index (χ0v) is 15.5. The number of aryl methyl sites for hydroxylation is 1. The quantitative estimate of drug-likeness (QED) is 0.697. The number of halogens is 1. The summed E-state index contributed by atoms with van der Waals surface area (Å²) in [6, 6.07) is 15.4. The van der Waals surface area contributed by atoms with Crippen LogP contribution in [0.25, 0.3) is 0 Å². The summed E-state index contributed by atoms with van der Waals surface area (Å²) in [6.45, 7) is 1.89. The minimum absolute atomic E-state index is 0.0957. The zero-order valence-electron chi connectivity index (χ0n) is 13.9. The largest absolute Gasteiger partial charge is 0.313 e. The van der Waals surface area contributed by atoms with Crippen molar-refractivity contribution in [2.45, 2.75) is 22.4 Å². The number of thiophene rings is 1. The number of benzene rings is 2. The van der Waals surface area contributed by atoms with Crippen molar-refractivity contribution in [3.05, 3.63) is 77.6 Å². The number of nitrogens with one attached hydrogen (secondary N) is 1. The number of rotatable bonds is 5. The number of sulfone groups is 1. The van der Waals surface area contributed by atoms with Crippen LogP contribution >= 0.6 is 11.3 Å². The lowest BCUT2D eigenvalue weighted by molar-refractivity contribution is 0.102. The molecule has 0 bridgehead atoms. The van der Waals surface area contributed by atoms with E-state index < -0.39 is 21.6 Å². The molecule has 0 atom stereocenters. The highest BCUT2D eigenvalue weighted by Gasteiger charge is 2.23. The van der Waals surface area contributed by atoms with E-state index in [1.807, 2.05) is 6.92 Å². The van der Waals surface area contributed by atoms with Gasteiger partial charge in [-0.05, 0) is 42.3 Å². The number of anilines is 1. The Bertz CT molecular complexity index is 1060. The van der Waals surface area contributed by atoms with Crippen molar-refractivity contribution in [3.8, 4) is 0 Å². The van der Waals surface area contributed by atoms with E-state index in [2.05, 4.69) is 5.32 Å². The average molecular weight is 389 g/mol. The summed E-state index contributed by atoms with van der Waals surface area (Å²) in [6.07, 6.45) is 0.595. The fourth-order valence-corrected chi connectivity index (χ4v) is 5.41. The molecule has 3 rings (SSSR count). The van der Waals surface area contributed by atoms with Gasteiger partial charge in [0, 0.05) is 0 Å². The van der Waals surface area contributed by atoms with Crippen LogP contribution < -0.4 is 5.32 Å². The molecule has 7 heteroatoms. The Kier molecular flexibility index (Phi) is 5.20. The summed E-state index contributed by atoms with van der Waals surface area (Å²) < 4.78 is 39.6. The van der Waals surface area contributed by atoms with Crippen LogP contribution in [0.5, 0.6) is 0 Å². The second-order valence-electron chi connectivity index (χ2n) is 5.52. The summed E-state index contributed by atoms with van der Waals surface area (Å²) in [5.74, 6) is -1.26. The third-order valence-corrected chi connectivity index (χ3v) is 7.19. The van der Waals surface area contributed by atoms with Crippen LogP contribution in [0.4, 0.5) is 9.39 Å². The van der Waals surface area contributed by atoms with Crippen molar-refractivity contribution in [2.24, 2.45) is 0 Å². The molecule has 0 spiro atoms. The van der Waals surface area contributed by atoms with E-state index in [4.69, 9.17) is 0 Å². The van der Waals surface area contributed by atoms with Gasteiger partial charge in [0.05, 0.1) is 15.5 Å². The van der Waals surface area contributed by atoms with Crippen molar-refractivity contribution >= 4 is 32.1 Å². The van der Waals surface area contributed by atoms with Crippen LogP contribution in [0.3, 0.4) is 0 Å². The van der Waals surface area contributed by atoms with Crippen LogP contribution in [0.2, 0.25) is 0 Å². The van der Waals surface area contributed by atoms with Crippen molar-refractivity contribution in [3.63, 3.8) is 0 Å². The van der Waals surface area contributed by atoms with Crippen molar-refractivity contribution in [2.75, 3.05) is 5.32 Å². The third kappa shape index (κ3) is 3.54. The first-order valence-electron chi connectivity index (χ1n) is 7.92. The lowest BCUT2D eigenvalue weighted by Gasteiger charge is -2.07. The van der Waals surface area contributed by atoms with Gasteiger partial charge in [-0.3, -0.25) is 4.79 Å². The molecule has 3 aromatic rings. The maximum absolute atomic E-state index is 13.7. The van der Waals surface area contributed by atoms with Crippen LogP contribution in [0, 0.1) is 5.82 Å². The van der Waals surface area contributed by atoms with Gasteiger partial charge in [0.2, 0.25) is 9.84 Å². The molecule has 0 saturated heterocycles. The Morgan fingerprint density at radius 3 is 2.46 bits per heavy atom. The molecule has 4 nitrogen and oxygen atoms in total. The Morgan fingerprint density at radius 2 is 1.73 bits per heavy atom. The fourth-order valence-electron chi connectivity index (χ4n) is 2.52. The number of carbonyl (C=O) groups excluding carboxylic acids is 1. The first-order chi connectivity index (χ1) is 12.4. The summed E-state index contributed by atoms with van der Waals surface area (Å²) in [5.41, 5.74) is 0.638. The number of hydrogen-bond donors (Lipinski definition) is 1. The maximum Gasteiger partial charge on any atom is 0.259 e. The Morgan fingerprint density at radius 1 is 1.04 bits per heavy atom. The smallest absolute Gasteiger partial charge is 0.259 e. The van der Waals surface area contributed by atoms with E-state index in [9.17, 15) is 17.6 Å². The molecule has 2 aromatic carbocycles. The Hall–Kier alpha value is -2.51. The lowest BCUT2D eigenvalue weighted by Crippen LogP contribution is -2.12. The van der Waals surface area contributed by atoms with Gasteiger partial charge >= 0.3 is 0 Å². The molecule has 1 heterocycles. The fraction of sp³-hybridized carbons (Fsp3) is 0.105. The predicted octanol–water partition coefficient (Wildman–Crippen LogP) is 4.53. The zero-order chi connectivity index (χ0) is 18.7. The monoisotopic (exact) mass is 389 g/mol. The summed E-state index contributed by atoms with van der Waals surface area (Å²) in [5, 5.41) is 2.89. The van der Waals surface area contributed by atoms with Crippen LogP contribution in [0.1, 0.15) is 22.8 Å². The first kappa shape index (κ1) is 18.3. The molecule has 0 fully saturated rings. The number of carbonyl (C=O) groups is 1. The van der Waals surface area contributed by atoms with Gasteiger partial charge < -0.3 is 5.32 Å². The summed E-state index contributed by atoms with van der Waals surface area (Å²) >= 11 is 0.940. The Labute approximate surface area is 155 Å². The van der Waals surface area contributed by atoms with Gasteiger partial charge in [0.15, 0.2) is 0 Å². The maximum atomic E-state index is 13.7. The van der Waals surface area contributed by atoms with Crippen molar-refractivity contribution in [1.82, 2.24) is 0 Å². The standard InChI is InChI=1S/C19H16FNO3S2/c1-2-13-7-3-6-10-16(13)26(23,24)18-12-11-17(25-18)21-19(22)14-8-4-5-9-15(14)20/h3-12H,2H2,1H3,(H,21,22). The first-order valence-corrected chi connectivity index (χ1v) is 10.2. The average Bonchev–Trinajstić information content (AvgIpc) is 3.11. The molecule has 0 unspecified atom stereocenters. The second kappa shape index (κ2) is 7.39. The van der Waals surface area contributed by atoms with E-state index in [0.717, 1.165) is 16.9 Å². The molecule has 0 saturated carbocycles. The number of hydrogen-bond acceptors (Lipinski definition) is 4. The minimum atomic E-state index is -3.68. The molecule has 0 aliphatic carbocycles. The summed E-state index contributed by atoms with van der Waals surface area (Å²) in [4.78, 5) is 12.4. The molecule has 1 aromatic heterocycles. The van der Waals surface area contributed by atoms with E-state index in [1.54, 1.807) is 30.3 Å². The van der Waals surface area contributed by atoms with Crippen LogP contribution in [-0.2, 0) is 16.3 Å². The highest BCUT2D eigenvalue weighted by molar-refractivity contribution is 7.93. The highest BCUT2D eigenvalue weighted by Crippen LogP contribution is 2.32. The lowest BCUT2D eigenvalue weighted by atomic mass is 10.2. The predicted molar refractivity (Wildman–Crippen MR) is 99.9 cm³/mol. The van der Waals surface area contributed by atoms with Gasteiger partial charge in [-0.15, -0.1) is 11.3 Å². The van der Waals surface area contributed by atoms with E-state index in [0.29, 0.717) is 11.4 Å². The molecular weight excluding hydrogens is 373 g/mol. The molecular formula is C19H16FNO3S2. The van der Waals surface area contributed by atoms with Crippen LogP contribution in [0.15, 0.2) is 69.8 Å². The molecule has 0 radical (unpaired) electrons. The van der Waals surface area contributed by atoms with Crippen molar-refractivity contribution in [1.29, 1.82) is 0 Å².